The van der Waals surface area contributed by atoms with Gasteiger partial charge in [-0.3, -0.25) is 38.6 Å². The Bertz CT molecular complexity index is 5000. The van der Waals surface area contributed by atoms with Crippen LogP contribution in [0.2, 0.25) is 0 Å². The average molecular weight is 1450 g/mol. The highest BCUT2D eigenvalue weighted by Crippen LogP contribution is 2.58. The first-order valence-electron chi connectivity index (χ1n) is 33.6. The van der Waals surface area contributed by atoms with Crippen molar-refractivity contribution in [3.8, 4) is 46.0 Å². The number of ether oxygens (including phenoxy) is 4. The lowest BCUT2D eigenvalue weighted by Crippen LogP contribution is -2.47. The fourth-order valence-corrected chi connectivity index (χ4v) is 17.3. The van der Waals surface area contributed by atoms with Crippen LogP contribution in [0.1, 0.15) is 75.8 Å². The number of nitrogens with one attached hydrogen (secondary N) is 2. The molecule has 2 aliphatic heterocycles. The number of carbonyl (C=O) groups excluding carboxylic acids is 6. The number of anilines is 2. The topological polar surface area (TPSA) is 251 Å². The number of aromatic nitrogens is 2. The van der Waals surface area contributed by atoms with E-state index >= 15 is 28.8 Å². The van der Waals surface area contributed by atoms with Crippen LogP contribution in [0.4, 0.5) is 11.6 Å². The van der Waals surface area contributed by atoms with Crippen molar-refractivity contribution in [1.29, 1.82) is 0 Å². The predicted molar refractivity (Wildman–Crippen MR) is 400 cm³/mol. The molecule has 0 spiro atoms. The van der Waals surface area contributed by atoms with E-state index in [1.165, 1.54) is 79.3 Å². The summed E-state index contributed by atoms with van der Waals surface area (Å²) in [5.41, 5.74) is 1.62. The number of nitrogens with zero attached hydrogens (tertiary/aromatic N) is 4. The van der Waals surface area contributed by atoms with E-state index < -0.39 is 65.1 Å². The van der Waals surface area contributed by atoms with E-state index in [9.17, 15) is 0 Å². The van der Waals surface area contributed by atoms with Crippen LogP contribution in [0.3, 0.4) is 0 Å². The van der Waals surface area contributed by atoms with E-state index in [4.69, 9.17) is 45.5 Å². The summed E-state index contributed by atoms with van der Waals surface area (Å²) in [6, 6.07) is 62.2. The maximum absolute atomic E-state index is 16.5. The van der Waals surface area contributed by atoms with Crippen molar-refractivity contribution >= 4 is 108 Å². The number of pyridine rings is 2. The zero-order chi connectivity index (χ0) is 73.4. The molecular formula is C82H66N6O16Si2. The third-order valence-corrected chi connectivity index (χ3v) is 24.4. The largest absolute Gasteiger partial charge is 0.504 e. The van der Waals surface area contributed by atoms with Gasteiger partial charge in [-0.2, -0.15) is 0 Å². The molecule has 0 bridgehead atoms. The molecule has 6 amide bonds. The van der Waals surface area contributed by atoms with E-state index in [-0.39, 0.29) is 123 Å². The summed E-state index contributed by atoms with van der Waals surface area (Å²) in [6.45, 7) is 0. The second kappa shape index (κ2) is 29.0. The van der Waals surface area contributed by atoms with Crippen LogP contribution in [0.15, 0.2) is 243 Å². The van der Waals surface area contributed by atoms with Crippen molar-refractivity contribution in [3.05, 3.63) is 287 Å². The van der Waals surface area contributed by atoms with Crippen molar-refractivity contribution < 1.29 is 74.3 Å². The molecule has 0 radical (unpaired) electrons. The fourth-order valence-electron chi connectivity index (χ4n) is 14.0. The lowest BCUT2D eigenvalue weighted by molar-refractivity contribution is -0.120. The smallest absolute Gasteiger partial charge is 0.457 e. The number of para-hydroxylation sites is 4. The molecular weight excluding hydrogens is 1380 g/mol. The molecule has 0 saturated carbocycles. The standard InChI is InChI=1S/C82H66N6O16Si2/c1-95-105(96-2,97-3)47-49-37-39-83-65(41-49)85-77(89)75(51-25-13-7-14-26-51)87-79(91)57-43-61(101-53-29-17-9-18-30-53)69-71-63(103-55-33-21-11-22-34-55)45-59-68-60(82(94)88(81(59)93)76(52-27-15-8-16-28-52)78(90)86-66-42-50(38-40-84-66)48-106(98-4,99-5)100-6)46-64(104-56-35-23-12-24-36-56)72(74(68)71)70-62(102-54-31-19-10-20-32-54)44-58(80(87)92)67(57)73(69)70/h7-46,75-76H,47-48H2,1-6H3,(H,83,85,89)(H,84,86,90). The van der Waals surface area contributed by atoms with Crippen LogP contribution in [-0.4, -0.2) is 115 Å². The lowest BCUT2D eigenvalue weighted by Gasteiger charge is -2.36. The van der Waals surface area contributed by atoms with E-state index in [1.54, 1.807) is 182 Å². The van der Waals surface area contributed by atoms with Gasteiger partial charge < -0.3 is 56.1 Å². The van der Waals surface area contributed by atoms with Gasteiger partial charge in [0.05, 0.1) is 22.3 Å². The second-order valence-corrected chi connectivity index (χ2v) is 30.8. The molecule has 528 valence electrons. The molecule has 106 heavy (non-hydrogen) atoms. The van der Waals surface area contributed by atoms with Gasteiger partial charge in [0.15, 0.2) is 0 Å². The predicted octanol–water partition coefficient (Wildman–Crippen LogP) is 15.6. The van der Waals surface area contributed by atoms with E-state index in [0.717, 1.165) is 9.80 Å². The minimum Gasteiger partial charge on any atom is -0.457 e. The maximum atomic E-state index is 16.5. The molecule has 4 heterocycles. The minimum atomic E-state index is -3.21. The molecule has 24 heteroatoms. The van der Waals surface area contributed by atoms with Gasteiger partial charge in [0.25, 0.3) is 35.4 Å². The summed E-state index contributed by atoms with van der Waals surface area (Å²) >= 11 is 0. The molecule has 2 N–H and O–H groups in total. The number of benzene rings is 11. The molecule has 22 nitrogen and oxygen atoms in total. The quantitative estimate of drug-likeness (QED) is 0.0221. The zero-order valence-corrected chi connectivity index (χ0v) is 60.0. The van der Waals surface area contributed by atoms with Crippen molar-refractivity contribution in [2.75, 3.05) is 53.3 Å². The Morgan fingerprint density at radius 2 is 0.594 bits per heavy atom. The van der Waals surface area contributed by atoms with Crippen LogP contribution in [0, 0.1) is 0 Å². The third-order valence-electron chi connectivity index (χ3n) is 18.9. The van der Waals surface area contributed by atoms with Crippen molar-refractivity contribution in [1.82, 2.24) is 19.8 Å². The Morgan fingerprint density at radius 1 is 0.340 bits per heavy atom. The molecule has 2 aliphatic rings. The number of imide groups is 2. The van der Waals surface area contributed by atoms with Crippen LogP contribution in [0.25, 0.3) is 43.1 Å². The molecule has 11 aromatic carbocycles. The van der Waals surface area contributed by atoms with Crippen LogP contribution < -0.4 is 29.6 Å². The minimum absolute atomic E-state index is 0.0352. The average Bonchev–Trinajstić information content (AvgIpc) is 0.670. The number of amides is 6. The fraction of sp³-hybridized carbons (Fsp3) is 0.122. The van der Waals surface area contributed by atoms with Gasteiger partial charge in [0.2, 0.25) is 0 Å². The Balaban J connectivity index is 1.01. The number of carbonyl (C=O) groups is 6. The highest BCUT2D eigenvalue weighted by Gasteiger charge is 2.48. The van der Waals surface area contributed by atoms with Gasteiger partial charge in [0, 0.05) is 110 Å². The summed E-state index contributed by atoms with van der Waals surface area (Å²) in [5.74, 6) is -3.52. The van der Waals surface area contributed by atoms with Gasteiger partial charge in [-0.15, -0.1) is 0 Å². The maximum Gasteiger partial charge on any atom is 0.504 e. The Morgan fingerprint density at radius 3 is 0.849 bits per heavy atom. The number of hydrogen-bond donors (Lipinski definition) is 2. The Kier molecular flexibility index (Phi) is 19.0. The summed E-state index contributed by atoms with van der Waals surface area (Å²) < 4.78 is 63.0. The summed E-state index contributed by atoms with van der Waals surface area (Å²) in [5, 5.41) is 7.51. The summed E-state index contributed by atoms with van der Waals surface area (Å²) in [6.07, 6.45) is 3.01. The van der Waals surface area contributed by atoms with Gasteiger partial charge in [-0.05, 0) is 119 Å². The first-order chi connectivity index (χ1) is 51.7. The summed E-state index contributed by atoms with van der Waals surface area (Å²) in [4.78, 5) is 108. The normalized spacial score (nSPS) is 13.5. The lowest BCUT2D eigenvalue weighted by atomic mass is 9.80. The van der Waals surface area contributed by atoms with Crippen LogP contribution >= 0.6 is 0 Å². The SMILES string of the molecule is CO[Si](Cc1ccnc(NC(=O)C(c2ccccc2)N2C(=O)c3cc(Oc4ccccc4)c4c5c(Oc6ccccc6)cc6c7c(cc(Oc8ccccc8)c(c8c(Oc9ccccc9)cc(c3c48)C2=O)c75)C(=O)N(C(C(=O)Nc2cc(C[Si](OC)(OC)OC)ccn2)c2ccccc2)C6=O)c1)(OC)OC. The Labute approximate surface area is 609 Å². The molecule has 15 rings (SSSR count). The first-order valence-corrected chi connectivity index (χ1v) is 37.5. The van der Waals surface area contributed by atoms with Crippen LogP contribution in [-0.2, 0) is 48.2 Å². The second-order valence-electron chi connectivity index (χ2n) is 25.0. The molecule has 0 aliphatic carbocycles. The van der Waals surface area contributed by atoms with Gasteiger partial charge in [-0.25, -0.2) is 9.97 Å². The van der Waals surface area contributed by atoms with Gasteiger partial charge >= 0.3 is 17.6 Å². The first kappa shape index (κ1) is 69.4. The zero-order valence-electron chi connectivity index (χ0n) is 58.0. The summed E-state index contributed by atoms with van der Waals surface area (Å²) in [7, 11) is 2.55. The van der Waals surface area contributed by atoms with E-state index in [2.05, 4.69) is 20.6 Å². The monoisotopic (exact) mass is 1450 g/mol. The molecule has 0 saturated heterocycles. The van der Waals surface area contributed by atoms with Crippen LogP contribution in [0.5, 0.6) is 46.0 Å². The van der Waals surface area contributed by atoms with Crippen molar-refractivity contribution in [3.63, 3.8) is 0 Å². The van der Waals surface area contributed by atoms with E-state index in [1.807, 2.05) is 24.3 Å². The van der Waals surface area contributed by atoms with Crippen molar-refractivity contribution in [2.24, 2.45) is 0 Å². The number of fused-ring (bicyclic) bond motifs is 2. The molecule has 2 unspecified atom stereocenters. The van der Waals surface area contributed by atoms with E-state index in [0.29, 0.717) is 34.1 Å². The third kappa shape index (κ3) is 12.7. The Hall–Kier alpha value is -12.4. The number of hydrogen-bond acceptors (Lipinski definition) is 18. The molecule has 13 aromatic rings. The molecule has 2 aromatic heterocycles. The van der Waals surface area contributed by atoms with Gasteiger partial charge in [0.1, 0.15) is 69.7 Å². The number of rotatable bonds is 26. The molecule has 2 atom stereocenters. The highest BCUT2D eigenvalue weighted by atomic mass is 28.4. The van der Waals surface area contributed by atoms with Crippen molar-refractivity contribution in [2.45, 2.75) is 24.2 Å². The van der Waals surface area contributed by atoms with Gasteiger partial charge in [-0.1, -0.05) is 133 Å². The highest BCUT2D eigenvalue weighted by molar-refractivity contribution is 6.60. The molecule has 0 fully saturated rings.